The molecule has 0 spiro atoms. The highest BCUT2D eigenvalue weighted by Gasteiger charge is 2.42. The Hall–Kier alpha value is -1.31. The SMILES string of the molecule is c1ccc([C@H]2C[C@@H]2C2=NCCN2)cc1. The average molecular weight is 186 g/mol. The van der Waals surface area contributed by atoms with Crippen molar-refractivity contribution < 1.29 is 0 Å². The monoisotopic (exact) mass is 186 g/mol. The van der Waals surface area contributed by atoms with Gasteiger partial charge in [-0.05, 0) is 17.9 Å². The maximum atomic E-state index is 4.48. The first-order chi connectivity index (χ1) is 6.95. The molecule has 1 N–H and O–H groups in total. The minimum absolute atomic E-state index is 0.680. The summed E-state index contributed by atoms with van der Waals surface area (Å²) in [6, 6.07) is 10.8. The molecule has 1 aromatic carbocycles. The molecule has 1 aliphatic carbocycles. The van der Waals surface area contributed by atoms with E-state index in [2.05, 4.69) is 40.6 Å². The summed E-state index contributed by atoms with van der Waals surface area (Å²) in [4.78, 5) is 4.48. The molecular weight excluding hydrogens is 172 g/mol. The fourth-order valence-electron chi connectivity index (χ4n) is 2.23. The van der Waals surface area contributed by atoms with E-state index in [1.807, 2.05) is 0 Å². The van der Waals surface area contributed by atoms with Crippen LogP contribution in [0.15, 0.2) is 35.3 Å². The third-order valence-corrected chi connectivity index (χ3v) is 3.07. The first-order valence-electron chi connectivity index (χ1n) is 5.28. The van der Waals surface area contributed by atoms with Gasteiger partial charge in [0.05, 0.1) is 6.54 Å². The second-order valence-corrected chi connectivity index (χ2v) is 4.05. The number of aliphatic imine (C=N–C) groups is 1. The predicted molar refractivity (Wildman–Crippen MR) is 57.6 cm³/mol. The van der Waals surface area contributed by atoms with Gasteiger partial charge < -0.3 is 5.32 Å². The molecule has 1 aliphatic heterocycles. The molecule has 0 aromatic heterocycles. The van der Waals surface area contributed by atoms with Gasteiger partial charge in [0.15, 0.2) is 0 Å². The summed E-state index contributed by atoms with van der Waals surface area (Å²) in [5.41, 5.74) is 1.47. The molecular formula is C12H14N2. The van der Waals surface area contributed by atoms with E-state index in [0.717, 1.165) is 19.0 Å². The van der Waals surface area contributed by atoms with Crippen LogP contribution in [0.25, 0.3) is 0 Å². The fraction of sp³-hybridized carbons (Fsp3) is 0.417. The quantitative estimate of drug-likeness (QED) is 0.748. The molecule has 2 aliphatic rings. The molecule has 2 heteroatoms. The van der Waals surface area contributed by atoms with Crippen molar-refractivity contribution in [2.24, 2.45) is 10.9 Å². The molecule has 72 valence electrons. The zero-order valence-electron chi connectivity index (χ0n) is 8.11. The van der Waals surface area contributed by atoms with Gasteiger partial charge in [-0.25, -0.2) is 0 Å². The highest BCUT2D eigenvalue weighted by Crippen LogP contribution is 2.48. The lowest BCUT2D eigenvalue weighted by molar-refractivity contribution is 0.933. The number of rotatable bonds is 2. The molecule has 0 saturated heterocycles. The molecule has 1 saturated carbocycles. The van der Waals surface area contributed by atoms with Crippen LogP contribution in [0.3, 0.4) is 0 Å². The van der Waals surface area contributed by atoms with Crippen LogP contribution in [0.5, 0.6) is 0 Å². The van der Waals surface area contributed by atoms with E-state index < -0.39 is 0 Å². The van der Waals surface area contributed by atoms with Crippen molar-refractivity contribution in [3.05, 3.63) is 35.9 Å². The van der Waals surface area contributed by atoms with E-state index >= 15 is 0 Å². The van der Waals surface area contributed by atoms with Gasteiger partial charge in [-0.1, -0.05) is 30.3 Å². The molecule has 1 aromatic rings. The Morgan fingerprint density at radius 3 is 2.71 bits per heavy atom. The number of nitrogens with zero attached hydrogens (tertiary/aromatic N) is 1. The number of amidine groups is 1. The van der Waals surface area contributed by atoms with Crippen LogP contribution in [0.1, 0.15) is 17.9 Å². The van der Waals surface area contributed by atoms with Crippen molar-refractivity contribution in [1.82, 2.24) is 5.32 Å². The van der Waals surface area contributed by atoms with Crippen molar-refractivity contribution in [2.45, 2.75) is 12.3 Å². The normalized spacial score (nSPS) is 29.6. The molecule has 0 radical (unpaired) electrons. The molecule has 3 rings (SSSR count). The molecule has 2 atom stereocenters. The maximum Gasteiger partial charge on any atom is 0.100 e. The number of nitrogens with one attached hydrogen (secondary N) is 1. The van der Waals surface area contributed by atoms with E-state index in [1.165, 1.54) is 17.8 Å². The van der Waals surface area contributed by atoms with Gasteiger partial charge in [0, 0.05) is 12.5 Å². The van der Waals surface area contributed by atoms with Gasteiger partial charge in [0.25, 0.3) is 0 Å². The average Bonchev–Trinajstić information content (AvgIpc) is 2.87. The first-order valence-corrected chi connectivity index (χ1v) is 5.28. The molecule has 0 bridgehead atoms. The van der Waals surface area contributed by atoms with Gasteiger partial charge in [-0.15, -0.1) is 0 Å². The van der Waals surface area contributed by atoms with Crippen LogP contribution in [0.4, 0.5) is 0 Å². The van der Waals surface area contributed by atoms with Crippen molar-refractivity contribution in [2.75, 3.05) is 13.1 Å². The molecule has 14 heavy (non-hydrogen) atoms. The predicted octanol–water partition coefficient (Wildman–Crippen LogP) is 1.79. The Labute approximate surface area is 84.1 Å². The third-order valence-electron chi connectivity index (χ3n) is 3.07. The van der Waals surface area contributed by atoms with E-state index in [0.29, 0.717) is 5.92 Å². The maximum absolute atomic E-state index is 4.48. The topological polar surface area (TPSA) is 24.4 Å². The summed E-state index contributed by atoms with van der Waals surface area (Å²) < 4.78 is 0. The lowest BCUT2D eigenvalue weighted by Crippen LogP contribution is -2.20. The van der Waals surface area contributed by atoms with E-state index in [-0.39, 0.29) is 0 Å². The van der Waals surface area contributed by atoms with Crippen molar-refractivity contribution in [1.29, 1.82) is 0 Å². The molecule has 0 unspecified atom stereocenters. The largest absolute Gasteiger partial charge is 0.372 e. The Morgan fingerprint density at radius 1 is 1.14 bits per heavy atom. The third kappa shape index (κ3) is 1.31. The van der Waals surface area contributed by atoms with Crippen LogP contribution in [-0.4, -0.2) is 18.9 Å². The summed E-state index contributed by atoms with van der Waals surface area (Å²) in [5.74, 6) is 2.65. The summed E-state index contributed by atoms with van der Waals surface area (Å²) >= 11 is 0. The van der Waals surface area contributed by atoms with Gasteiger partial charge in [0.1, 0.15) is 5.84 Å². The van der Waals surface area contributed by atoms with Gasteiger partial charge in [-0.2, -0.15) is 0 Å². The van der Waals surface area contributed by atoms with E-state index in [4.69, 9.17) is 0 Å². The lowest BCUT2D eigenvalue weighted by atomic mass is 10.1. The van der Waals surface area contributed by atoms with Gasteiger partial charge in [-0.3, -0.25) is 4.99 Å². The minimum atomic E-state index is 0.680. The second-order valence-electron chi connectivity index (χ2n) is 4.05. The molecule has 2 nitrogen and oxygen atoms in total. The Balaban J connectivity index is 1.74. The van der Waals surface area contributed by atoms with Gasteiger partial charge >= 0.3 is 0 Å². The summed E-state index contributed by atoms with van der Waals surface area (Å²) in [5, 5.41) is 3.37. The van der Waals surface area contributed by atoms with Crippen LogP contribution >= 0.6 is 0 Å². The van der Waals surface area contributed by atoms with Crippen molar-refractivity contribution in [3.8, 4) is 0 Å². The summed E-state index contributed by atoms with van der Waals surface area (Å²) in [6.45, 7) is 2.00. The Kier molecular flexibility index (Phi) is 1.79. The smallest absolute Gasteiger partial charge is 0.100 e. The number of hydrogen-bond donors (Lipinski definition) is 1. The van der Waals surface area contributed by atoms with Crippen LogP contribution in [0, 0.1) is 5.92 Å². The standard InChI is InChI=1S/C12H14N2/c1-2-4-9(5-3-1)10-8-11(10)12-13-6-7-14-12/h1-5,10-11H,6-8H2,(H,13,14)/t10-,11+/m1/s1. The summed E-state index contributed by atoms with van der Waals surface area (Å²) in [6.07, 6.45) is 1.27. The van der Waals surface area contributed by atoms with Crippen LogP contribution < -0.4 is 5.32 Å². The minimum Gasteiger partial charge on any atom is -0.372 e. The van der Waals surface area contributed by atoms with Crippen molar-refractivity contribution in [3.63, 3.8) is 0 Å². The zero-order chi connectivity index (χ0) is 9.38. The van der Waals surface area contributed by atoms with Crippen LogP contribution in [-0.2, 0) is 0 Å². The first kappa shape index (κ1) is 8.04. The molecule has 1 heterocycles. The zero-order valence-corrected chi connectivity index (χ0v) is 8.11. The molecule has 1 fully saturated rings. The lowest BCUT2D eigenvalue weighted by Gasteiger charge is -2.01. The second kappa shape index (κ2) is 3.12. The number of hydrogen-bond acceptors (Lipinski definition) is 2. The van der Waals surface area contributed by atoms with E-state index in [9.17, 15) is 0 Å². The van der Waals surface area contributed by atoms with Crippen molar-refractivity contribution >= 4 is 5.84 Å². The summed E-state index contributed by atoms with van der Waals surface area (Å²) in [7, 11) is 0. The number of benzene rings is 1. The Morgan fingerprint density at radius 2 is 2.00 bits per heavy atom. The highest BCUT2D eigenvalue weighted by molar-refractivity contribution is 5.89. The Bertz CT molecular complexity index is 356. The van der Waals surface area contributed by atoms with Gasteiger partial charge in [0.2, 0.25) is 0 Å². The molecule has 0 amide bonds. The fourth-order valence-corrected chi connectivity index (χ4v) is 2.23. The highest BCUT2D eigenvalue weighted by atomic mass is 15.1. The van der Waals surface area contributed by atoms with E-state index in [1.54, 1.807) is 0 Å². The van der Waals surface area contributed by atoms with Crippen LogP contribution in [0.2, 0.25) is 0 Å².